The van der Waals surface area contributed by atoms with Crippen molar-refractivity contribution in [2.45, 2.75) is 32.7 Å². The highest BCUT2D eigenvalue weighted by Gasteiger charge is 1.96. The van der Waals surface area contributed by atoms with Gasteiger partial charge in [-0.15, -0.1) is 0 Å². The SMILES string of the molecule is CCCC(C)NNC(N)=S. The third-order valence-electron chi connectivity index (χ3n) is 1.16. The molecule has 0 aromatic rings. The third kappa shape index (κ3) is 5.78. The summed E-state index contributed by atoms with van der Waals surface area (Å²) in [5.74, 6) is 0. The van der Waals surface area contributed by atoms with E-state index >= 15 is 0 Å². The summed E-state index contributed by atoms with van der Waals surface area (Å²) in [6, 6.07) is 0.423. The molecule has 0 fully saturated rings. The lowest BCUT2D eigenvalue weighted by molar-refractivity contribution is 0.487. The summed E-state index contributed by atoms with van der Waals surface area (Å²) < 4.78 is 0. The molecule has 10 heavy (non-hydrogen) atoms. The first kappa shape index (κ1) is 9.65. The van der Waals surface area contributed by atoms with Crippen LogP contribution in [0.3, 0.4) is 0 Å². The van der Waals surface area contributed by atoms with Crippen LogP contribution < -0.4 is 16.6 Å². The number of hydrazine groups is 1. The maximum Gasteiger partial charge on any atom is 0.178 e. The first-order valence-electron chi connectivity index (χ1n) is 3.47. The van der Waals surface area contributed by atoms with Crippen molar-refractivity contribution in [1.29, 1.82) is 0 Å². The zero-order chi connectivity index (χ0) is 7.98. The number of nitrogens with one attached hydrogen (secondary N) is 2. The van der Waals surface area contributed by atoms with Crippen LogP contribution in [0.15, 0.2) is 0 Å². The van der Waals surface area contributed by atoms with Crippen LogP contribution in [-0.2, 0) is 0 Å². The molecule has 0 saturated carbocycles. The van der Waals surface area contributed by atoms with Crippen molar-refractivity contribution < 1.29 is 0 Å². The largest absolute Gasteiger partial charge is 0.375 e. The van der Waals surface area contributed by atoms with Crippen LogP contribution in [0.5, 0.6) is 0 Å². The highest BCUT2D eigenvalue weighted by atomic mass is 32.1. The molecule has 60 valence electrons. The van der Waals surface area contributed by atoms with Gasteiger partial charge in [0.05, 0.1) is 0 Å². The molecule has 1 atom stereocenters. The van der Waals surface area contributed by atoms with Gasteiger partial charge in [0.25, 0.3) is 0 Å². The van der Waals surface area contributed by atoms with Crippen molar-refractivity contribution >= 4 is 17.3 Å². The second-order valence-corrected chi connectivity index (χ2v) is 2.76. The lowest BCUT2D eigenvalue weighted by Gasteiger charge is -2.12. The zero-order valence-corrected chi connectivity index (χ0v) is 7.29. The van der Waals surface area contributed by atoms with Crippen LogP contribution in [0.2, 0.25) is 0 Å². The molecule has 0 saturated heterocycles. The van der Waals surface area contributed by atoms with Gasteiger partial charge >= 0.3 is 0 Å². The van der Waals surface area contributed by atoms with E-state index in [1.54, 1.807) is 0 Å². The molecule has 0 amide bonds. The third-order valence-corrected chi connectivity index (χ3v) is 1.27. The van der Waals surface area contributed by atoms with Gasteiger partial charge < -0.3 is 5.73 Å². The van der Waals surface area contributed by atoms with E-state index in [1.807, 2.05) is 0 Å². The molecule has 0 bridgehead atoms. The Bertz CT molecular complexity index is 105. The van der Waals surface area contributed by atoms with E-state index in [-0.39, 0.29) is 0 Å². The lowest BCUT2D eigenvalue weighted by Crippen LogP contribution is -2.45. The summed E-state index contributed by atoms with van der Waals surface area (Å²) in [6.07, 6.45) is 2.28. The Morgan fingerprint density at radius 1 is 1.70 bits per heavy atom. The molecular formula is C6H15N3S. The van der Waals surface area contributed by atoms with Gasteiger partial charge in [0, 0.05) is 6.04 Å². The Kier molecular flexibility index (Phi) is 5.25. The van der Waals surface area contributed by atoms with E-state index in [2.05, 4.69) is 36.9 Å². The molecule has 0 aliphatic rings. The van der Waals surface area contributed by atoms with Crippen molar-refractivity contribution in [3.05, 3.63) is 0 Å². The maximum atomic E-state index is 5.19. The standard InChI is InChI=1S/C6H15N3S/c1-3-4-5(2)8-9-6(7)10/h5,8H,3-4H2,1-2H3,(H3,7,9,10). The Morgan fingerprint density at radius 3 is 2.70 bits per heavy atom. The van der Waals surface area contributed by atoms with E-state index < -0.39 is 0 Å². The lowest BCUT2D eigenvalue weighted by atomic mass is 10.2. The van der Waals surface area contributed by atoms with Crippen molar-refractivity contribution in [2.75, 3.05) is 0 Å². The number of nitrogens with two attached hydrogens (primary N) is 1. The molecule has 0 spiro atoms. The quantitative estimate of drug-likeness (QED) is 0.415. The Balaban J connectivity index is 3.21. The molecule has 0 aromatic carbocycles. The molecular weight excluding hydrogens is 146 g/mol. The van der Waals surface area contributed by atoms with Crippen molar-refractivity contribution in [3.8, 4) is 0 Å². The Labute approximate surface area is 67.3 Å². The number of thiocarbonyl (C=S) groups is 1. The minimum absolute atomic E-state index is 0.294. The van der Waals surface area contributed by atoms with Crippen LogP contribution in [0, 0.1) is 0 Å². The molecule has 4 N–H and O–H groups in total. The first-order valence-corrected chi connectivity index (χ1v) is 3.88. The van der Waals surface area contributed by atoms with Gasteiger partial charge in [0.15, 0.2) is 5.11 Å². The van der Waals surface area contributed by atoms with Crippen molar-refractivity contribution in [3.63, 3.8) is 0 Å². The predicted octanol–water partition coefficient (Wildman–Crippen LogP) is 0.513. The smallest absolute Gasteiger partial charge is 0.178 e. The minimum Gasteiger partial charge on any atom is -0.375 e. The average Bonchev–Trinajstić information content (AvgIpc) is 1.85. The van der Waals surface area contributed by atoms with Gasteiger partial charge in [0.2, 0.25) is 0 Å². The molecule has 3 nitrogen and oxygen atoms in total. The Hall–Kier alpha value is -0.350. The van der Waals surface area contributed by atoms with Gasteiger partial charge in [-0.3, -0.25) is 5.43 Å². The second kappa shape index (κ2) is 5.44. The van der Waals surface area contributed by atoms with Gasteiger partial charge in [-0.1, -0.05) is 13.3 Å². The molecule has 1 unspecified atom stereocenters. The summed E-state index contributed by atoms with van der Waals surface area (Å²) in [4.78, 5) is 0. The van der Waals surface area contributed by atoms with Crippen molar-refractivity contribution in [2.24, 2.45) is 5.73 Å². The highest BCUT2D eigenvalue weighted by molar-refractivity contribution is 7.80. The number of hydrogen-bond acceptors (Lipinski definition) is 2. The summed E-state index contributed by atoms with van der Waals surface area (Å²) >= 11 is 4.60. The summed E-state index contributed by atoms with van der Waals surface area (Å²) in [7, 11) is 0. The fourth-order valence-corrected chi connectivity index (χ4v) is 0.758. The van der Waals surface area contributed by atoms with E-state index in [4.69, 9.17) is 5.73 Å². The molecule has 0 heterocycles. The van der Waals surface area contributed by atoms with Gasteiger partial charge in [-0.05, 0) is 25.6 Å². The highest BCUT2D eigenvalue weighted by Crippen LogP contribution is 1.91. The Morgan fingerprint density at radius 2 is 2.30 bits per heavy atom. The van der Waals surface area contributed by atoms with Gasteiger partial charge in [-0.2, -0.15) is 0 Å². The van der Waals surface area contributed by atoms with Crippen LogP contribution in [0.4, 0.5) is 0 Å². The van der Waals surface area contributed by atoms with E-state index in [9.17, 15) is 0 Å². The van der Waals surface area contributed by atoms with E-state index in [0.717, 1.165) is 12.8 Å². The predicted molar refractivity (Wildman–Crippen MR) is 47.4 cm³/mol. The fourth-order valence-electron chi connectivity index (χ4n) is 0.700. The monoisotopic (exact) mass is 161 g/mol. The van der Waals surface area contributed by atoms with E-state index in [0.29, 0.717) is 11.2 Å². The molecule has 0 rings (SSSR count). The molecule has 0 radical (unpaired) electrons. The van der Waals surface area contributed by atoms with Crippen LogP contribution >= 0.6 is 12.2 Å². The van der Waals surface area contributed by atoms with Crippen LogP contribution in [0.25, 0.3) is 0 Å². The minimum atomic E-state index is 0.294. The summed E-state index contributed by atoms with van der Waals surface area (Å²) in [5.41, 5.74) is 10.9. The van der Waals surface area contributed by atoms with Crippen molar-refractivity contribution in [1.82, 2.24) is 10.9 Å². The molecule has 0 aliphatic carbocycles. The second-order valence-electron chi connectivity index (χ2n) is 2.32. The maximum absolute atomic E-state index is 5.19. The molecule has 4 heteroatoms. The summed E-state index contributed by atoms with van der Waals surface area (Å²) in [5, 5.41) is 0.294. The van der Waals surface area contributed by atoms with E-state index in [1.165, 1.54) is 0 Å². The molecule has 0 aromatic heterocycles. The molecule has 0 aliphatic heterocycles. The van der Waals surface area contributed by atoms with Gasteiger partial charge in [0.1, 0.15) is 0 Å². The van der Waals surface area contributed by atoms with Gasteiger partial charge in [-0.25, -0.2) is 5.43 Å². The first-order chi connectivity index (χ1) is 4.66. The number of rotatable bonds is 4. The fraction of sp³-hybridized carbons (Fsp3) is 0.833. The number of hydrogen-bond donors (Lipinski definition) is 3. The normalized spacial score (nSPS) is 12.6. The summed E-state index contributed by atoms with van der Waals surface area (Å²) in [6.45, 7) is 4.22. The topological polar surface area (TPSA) is 50.1 Å². The van der Waals surface area contributed by atoms with Crippen LogP contribution in [0.1, 0.15) is 26.7 Å². The zero-order valence-electron chi connectivity index (χ0n) is 6.48. The average molecular weight is 161 g/mol. The van der Waals surface area contributed by atoms with Crippen LogP contribution in [-0.4, -0.2) is 11.2 Å².